The fourth-order valence-electron chi connectivity index (χ4n) is 1.74. The molecule has 0 aliphatic carbocycles. The van der Waals surface area contributed by atoms with Crippen molar-refractivity contribution < 1.29 is 4.79 Å². The Balaban J connectivity index is 2.39. The predicted octanol–water partition coefficient (Wildman–Crippen LogP) is 1.28. The predicted molar refractivity (Wildman–Crippen MR) is 92.5 cm³/mol. The van der Waals surface area contributed by atoms with Crippen LogP contribution in [0.3, 0.4) is 0 Å². The third-order valence-electron chi connectivity index (χ3n) is 3.02. The van der Waals surface area contributed by atoms with Gasteiger partial charge in [0.1, 0.15) is 0 Å². The lowest BCUT2D eigenvalue weighted by Crippen LogP contribution is -2.39. The zero-order valence-electron chi connectivity index (χ0n) is 14.0. The van der Waals surface area contributed by atoms with Gasteiger partial charge in [0, 0.05) is 57.6 Å². The molecule has 2 N–H and O–H groups in total. The minimum Gasteiger partial charge on any atom is -0.357 e. The number of carbonyl (C=O) groups is 1. The molecule has 0 fully saturated rings. The second-order valence-corrected chi connectivity index (χ2v) is 6.25. The SMILES string of the molecule is CCNC(=NCCc1ncc(CC)s1)NCCC(=O)N(C)C. The van der Waals surface area contributed by atoms with Gasteiger partial charge in [0.05, 0.1) is 5.01 Å². The number of carbonyl (C=O) groups excluding carboxylic acids is 1. The van der Waals surface area contributed by atoms with Crippen molar-refractivity contribution in [3.63, 3.8) is 0 Å². The van der Waals surface area contributed by atoms with Crippen LogP contribution >= 0.6 is 11.3 Å². The number of nitrogens with one attached hydrogen (secondary N) is 2. The molecular formula is C15H27N5OS. The lowest BCUT2D eigenvalue weighted by Gasteiger charge is -2.13. The Bertz CT molecular complexity index is 484. The van der Waals surface area contributed by atoms with Crippen LogP contribution in [0.4, 0.5) is 0 Å². The monoisotopic (exact) mass is 325 g/mol. The normalized spacial score (nSPS) is 11.4. The van der Waals surface area contributed by atoms with E-state index in [1.54, 1.807) is 30.3 Å². The molecule has 0 spiro atoms. The van der Waals surface area contributed by atoms with Crippen LogP contribution in [0.25, 0.3) is 0 Å². The molecule has 6 nitrogen and oxygen atoms in total. The fraction of sp³-hybridized carbons (Fsp3) is 0.667. The van der Waals surface area contributed by atoms with Crippen LogP contribution in [0.2, 0.25) is 0 Å². The van der Waals surface area contributed by atoms with E-state index >= 15 is 0 Å². The molecule has 0 aliphatic rings. The highest BCUT2D eigenvalue weighted by molar-refractivity contribution is 7.11. The van der Waals surface area contributed by atoms with Crippen LogP contribution in [0.15, 0.2) is 11.2 Å². The smallest absolute Gasteiger partial charge is 0.223 e. The Labute approximate surface area is 137 Å². The summed E-state index contributed by atoms with van der Waals surface area (Å²) in [7, 11) is 3.53. The van der Waals surface area contributed by atoms with E-state index in [0.717, 1.165) is 30.4 Å². The van der Waals surface area contributed by atoms with Crippen LogP contribution in [0.5, 0.6) is 0 Å². The second kappa shape index (κ2) is 10.2. The summed E-state index contributed by atoms with van der Waals surface area (Å²) in [6.45, 7) is 6.23. The Kier molecular flexibility index (Phi) is 8.50. The number of hydrogen-bond acceptors (Lipinski definition) is 4. The fourth-order valence-corrected chi connectivity index (χ4v) is 2.59. The largest absolute Gasteiger partial charge is 0.357 e. The highest BCUT2D eigenvalue weighted by atomic mass is 32.1. The maximum Gasteiger partial charge on any atom is 0.223 e. The highest BCUT2D eigenvalue weighted by Gasteiger charge is 2.04. The van der Waals surface area contributed by atoms with Gasteiger partial charge in [0.25, 0.3) is 0 Å². The number of rotatable bonds is 8. The number of guanidine groups is 1. The average molecular weight is 325 g/mol. The first kappa shape index (κ1) is 18.4. The third-order valence-corrected chi connectivity index (χ3v) is 4.22. The number of aryl methyl sites for hydroxylation is 1. The van der Waals surface area contributed by atoms with E-state index in [2.05, 4.69) is 27.5 Å². The van der Waals surface area contributed by atoms with Gasteiger partial charge >= 0.3 is 0 Å². The van der Waals surface area contributed by atoms with Crippen molar-refractivity contribution in [2.24, 2.45) is 4.99 Å². The molecule has 124 valence electrons. The summed E-state index contributed by atoms with van der Waals surface area (Å²) in [6.07, 6.45) is 4.28. The first-order valence-corrected chi connectivity index (χ1v) is 8.54. The quantitative estimate of drug-likeness (QED) is 0.558. The summed E-state index contributed by atoms with van der Waals surface area (Å²) in [6, 6.07) is 0. The van der Waals surface area contributed by atoms with E-state index in [9.17, 15) is 4.79 Å². The van der Waals surface area contributed by atoms with Gasteiger partial charge in [-0.1, -0.05) is 6.92 Å². The van der Waals surface area contributed by atoms with Gasteiger partial charge in [-0.3, -0.25) is 9.79 Å². The molecule has 1 rings (SSSR count). The molecule has 1 aromatic rings. The van der Waals surface area contributed by atoms with Crippen molar-refractivity contribution in [2.45, 2.75) is 33.1 Å². The molecule has 1 amide bonds. The van der Waals surface area contributed by atoms with Crippen LogP contribution in [-0.4, -0.2) is 55.5 Å². The number of nitrogens with zero attached hydrogens (tertiary/aromatic N) is 3. The van der Waals surface area contributed by atoms with E-state index in [0.29, 0.717) is 19.5 Å². The summed E-state index contributed by atoms with van der Waals surface area (Å²) < 4.78 is 0. The molecule has 1 aromatic heterocycles. The molecule has 0 saturated carbocycles. The van der Waals surface area contributed by atoms with Crippen molar-refractivity contribution in [1.29, 1.82) is 0 Å². The number of hydrogen-bond donors (Lipinski definition) is 2. The molecule has 0 aliphatic heterocycles. The van der Waals surface area contributed by atoms with Crippen molar-refractivity contribution >= 4 is 23.2 Å². The van der Waals surface area contributed by atoms with Crippen molar-refractivity contribution in [1.82, 2.24) is 20.5 Å². The summed E-state index contributed by atoms with van der Waals surface area (Å²) >= 11 is 1.75. The Morgan fingerprint density at radius 3 is 2.73 bits per heavy atom. The van der Waals surface area contributed by atoms with Crippen molar-refractivity contribution in [2.75, 3.05) is 33.7 Å². The van der Waals surface area contributed by atoms with E-state index in [1.807, 2.05) is 13.1 Å². The molecule has 1 heterocycles. The summed E-state index contributed by atoms with van der Waals surface area (Å²) in [5.41, 5.74) is 0. The van der Waals surface area contributed by atoms with Gasteiger partial charge in [0.2, 0.25) is 5.91 Å². The van der Waals surface area contributed by atoms with Crippen LogP contribution in [0.1, 0.15) is 30.2 Å². The highest BCUT2D eigenvalue weighted by Crippen LogP contribution is 2.13. The van der Waals surface area contributed by atoms with E-state index in [4.69, 9.17) is 0 Å². The van der Waals surface area contributed by atoms with Gasteiger partial charge < -0.3 is 15.5 Å². The van der Waals surface area contributed by atoms with E-state index < -0.39 is 0 Å². The zero-order chi connectivity index (χ0) is 16.4. The van der Waals surface area contributed by atoms with Crippen molar-refractivity contribution in [3.05, 3.63) is 16.1 Å². The molecule has 0 unspecified atom stereocenters. The molecule has 0 saturated heterocycles. The van der Waals surface area contributed by atoms with Crippen molar-refractivity contribution in [3.8, 4) is 0 Å². The van der Waals surface area contributed by atoms with E-state index in [1.165, 1.54) is 4.88 Å². The molecular weight excluding hydrogens is 298 g/mol. The zero-order valence-corrected chi connectivity index (χ0v) is 14.8. The average Bonchev–Trinajstić information content (AvgIpc) is 2.95. The minimum atomic E-state index is 0.109. The van der Waals surface area contributed by atoms with Gasteiger partial charge in [0.15, 0.2) is 5.96 Å². The number of amides is 1. The summed E-state index contributed by atoms with van der Waals surface area (Å²) in [5, 5.41) is 7.49. The van der Waals surface area contributed by atoms with Gasteiger partial charge in [-0.05, 0) is 13.3 Å². The van der Waals surface area contributed by atoms with Crippen LogP contribution in [-0.2, 0) is 17.6 Å². The third kappa shape index (κ3) is 6.89. The maximum absolute atomic E-state index is 11.5. The molecule has 22 heavy (non-hydrogen) atoms. The topological polar surface area (TPSA) is 69.6 Å². The first-order valence-electron chi connectivity index (χ1n) is 7.72. The van der Waals surface area contributed by atoms with Crippen LogP contribution < -0.4 is 10.6 Å². The lowest BCUT2D eigenvalue weighted by molar-refractivity contribution is -0.128. The van der Waals surface area contributed by atoms with Gasteiger partial charge in [-0.25, -0.2) is 4.98 Å². The van der Waals surface area contributed by atoms with Crippen LogP contribution in [0, 0.1) is 0 Å². The first-order chi connectivity index (χ1) is 10.6. The number of aromatic nitrogens is 1. The number of aliphatic imine (C=N–C) groups is 1. The molecule has 0 aromatic carbocycles. The minimum absolute atomic E-state index is 0.109. The Hall–Kier alpha value is -1.63. The summed E-state index contributed by atoms with van der Waals surface area (Å²) in [5.74, 6) is 0.861. The van der Waals surface area contributed by atoms with Gasteiger partial charge in [-0.2, -0.15) is 0 Å². The molecule has 0 atom stereocenters. The Morgan fingerprint density at radius 1 is 1.36 bits per heavy atom. The Morgan fingerprint density at radius 2 is 2.14 bits per heavy atom. The van der Waals surface area contributed by atoms with E-state index in [-0.39, 0.29) is 5.91 Å². The lowest BCUT2D eigenvalue weighted by atomic mass is 10.4. The summed E-state index contributed by atoms with van der Waals surface area (Å²) in [4.78, 5) is 23.4. The molecule has 0 radical (unpaired) electrons. The molecule has 7 heteroatoms. The second-order valence-electron chi connectivity index (χ2n) is 5.05. The maximum atomic E-state index is 11.5. The molecule has 0 bridgehead atoms. The number of thiazole rings is 1. The van der Waals surface area contributed by atoms with Gasteiger partial charge in [-0.15, -0.1) is 11.3 Å². The standard InChI is InChI=1S/C15H27N5OS/c1-5-12-11-19-13(22-12)7-9-17-15(16-6-2)18-10-8-14(21)20(3)4/h11H,5-10H2,1-4H3,(H2,16,17,18).